The SMILES string of the molecule is CCCN1C(=O)C(SCc2ccccc2)=C(c2ccc(NC(C)=O)cc2)C1=O. The summed E-state index contributed by atoms with van der Waals surface area (Å²) in [5, 5.41) is 2.71. The smallest absolute Gasteiger partial charge is 0.267 e. The van der Waals surface area contributed by atoms with Gasteiger partial charge in [-0.1, -0.05) is 49.4 Å². The molecule has 0 spiro atoms. The number of thioether (sulfide) groups is 1. The predicted octanol–water partition coefficient (Wildman–Crippen LogP) is 4.07. The minimum absolute atomic E-state index is 0.160. The van der Waals surface area contributed by atoms with E-state index in [-0.39, 0.29) is 17.7 Å². The van der Waals surface area contributed by atoms with Crippen molar-refractivity contribution in [1.29, 1.82) is 0 Å². The molecule has 2 aromatic rings. The number of benzene rings is 2. The van der Waals surface area contributed by atoms with Crippen LogP contribution in [0, 0.1) is 0 Å². The van der Waals surface area contributed by atoms with Crippen LogP contribution in [-0.2, 0) is 20.1 Å². The number of nitrogens with zero attached hydrogens (tertiary/aromatic N) is 1. The van der Waals surface area contributed by atoms with Crippen LogP contribution in [0.3, 0.4) is 0 Å². The summed E-state index contributed by atoms with van der Waals surface area (Å²) < 4.78 is 0. The summed E-state index contributed by atoms with van der Waals surface area (Å²) in [7, 11) is 0. The molecule has 1 aliphatic heterocycles. The summed E-state index contributed by atoms with van der Waals surface area (Å²) in [6, 6.07) is 16.9. The third-order valence-corrected chi connectivity index (χ3v) is 5.44. The average Bonchev–Trinajstić information content (AvgIpc) is 2.92. The van der Waals surface area contributed by atoms with E-state index in [9.17, 15) is 14.4 Å². The fourth-order valence-corrected chi connectivity index (χ4v) is 4.11. The van der Waals surface area contributed by atoms with E-state index in [1.807, 2.05) is 37.3 Å². The number of nitrogens with one attached hydrogen (secondary N) is 1. The topological polar surface area (TPSA) is 66.5 Å². The first kappa shape index (κ1) is 19.9. The fraction of sp³-hybridized carbons (Fsp3) is 0.227. The van der Waals surface area contributed by atoms with E-state index in [1.165, 1.54) is 23.6 Å². The molecule has 5 nitrogen and oxygen atoms in total. The number of carbonyl (C=O) groups excluding carboxylic acids is 3. The Kier molecular flexibility index (Phi) is 6.31. The van der Waals surface area contributed by atoms with Crippen LogP contribution in [0.25, 0.3) is 5.57 Å². The summed E-state index contributed by atoms with van der Waals surface area (Å²) in [5.74, 6) is -0.0291. The molecule has 6 heteroatoms. The van der Waals surface area contributed by atoms with Crippen LogP contribution < -0.4 is 5.32 Å². The Balaban J connectivity index is 1.93. The lowest BCUT2D eigenvalue weighted by atomic mass is 10.1. The number of hydrogen-bond acceptors (Lipinski definition) is 4. The average molecular weight is 394 g/mol. The van der Waals surface area contributed by atoms with Crippen LogP contribution in [0.5, 0.6) is 0 Å². The van der Waals surface area contributed by atoms with Crippen molar-refractivity contribution in [2.24, 2.45) is 0 Å². The van der Waals surface area contributed by atoms with Crippen LogP contribution in [0.15, 0.2) is 59.5 Å². The molecule has 28 heavy (non-hydrogen) atoms. The predicted molar refractivity (Wildman–Crippen MR) is 112 cm³/mol. The summed E-state index contributed by atoms with van der Waals surface area (Å²) in [5.41, 5.74) is 2.86. The van der Waals surface area contributed by atoms with Gasteiger partial charge in [-0.3, -0.25) is 19.3 Å². The first-order chi connectivity index (χ1) is 13.5. The van der Waals surface area contributed by atoms with Crippen molar-refractivity contribution in [2.45, 2.75) is 26.0 Å². The molecule has 1 aliphatic rings. The molecule has 0 aliphatic carbocycles. The van der Waals surface area contributed by atoms with Crippen LogP contribution in [0.2, 0.25) is 0 Å². The highest BCUT2D eigenvalue weighted by atomic mass is 32.2. The molecule has 1 N–H and O–H groups in total. The lowest BCUT2D eigenvalue weighted by Crippen LogP contribution is -2.32. The quantitative estimate of drug-likeness (QED) is 0.719. The van der Waals surface area contributed by atoms with Crippen LogP contribution in [-0.4, -0.2) is 29.2 Å². The molecule has 2 aromatic carbocycles. The van der Waals surface area contributed by atoms with Gasteiger partial charge in [0.1, 0.15) is 0 Å². The van der Waals surface area contributed by atoms with Gasteiger partial charge in [-0.2, -0.15) is 0 Å². The number of imide groups is 1. The molecular weight excluding hydrogens is 372 g/mol. The van der Waals surface area contributed by atoms with Crippen molar-refractivity contribution >= 4 is 40.7 Å². The summed E-state index contributed by atoms with van der Waals surface area (Å²) >= 11 is 1.39. The Morgan fingerprint density at radius 1 is 1.00 bits per heavy atom. The largest absolute Gasteiger partial charge is 0.326 e. The van der Waals surface area contributed by atoms with E-state index in [0.717, 1.165) is 5.56 Å². The van der Waals surface area contributed by atoms with Gasteiger partial charge < -0.3 is 5.32 Å². The molecule has 0 unspecified atom stereocenters. The van der Waals surface area contributed by atoms with Gasteiger partial charge in [0.15, 0.2) is 0 Å². The van der Waals surface area contributed by atoms with Gasteiger partial charge in [0.2, 0.25) is 5.91 Å². The maximum absolute atomic E-state index is 13.0. The van der Waals surface area contributed by atoms with Crippen molar-refractivity contribution in [2.75, 3.05) is 11.9 Å². The number of hydrogen-bond donors (Lipinski definition) is 1. The molecule has 0 radical (unpaired) electrons. The number of anilines is 1. The zero-order valence-corrected chi connectivity index (χ0v) is 16.7. The van der Waals surface area contributed by atoms with Crippen molar-refractivity contribution in [1.82, 2.24) is 4.90 Å². The van der Waals surface area contributed by atoms with E-state index in [1.54, 1.807) is 24.3 Å². The van der Waals surface area contributed by atoms with Crippen molar-refractivity contribution in [3.05, 3.63) is 70.6 Å². The highest BCUT2D eigenvalue weighted by Crippen LogP contribution is 2.37. The highest BCUT2D eigenvalue weighted by molar-refractivity contribution is 8.03. The number of carbonyl (C=O) groups is 3. The Morgan fingerprint density at radius 3 is 2.29 bits per heavy atom. The third-order valence-electron chi connectivity index (χ3n) is 4.29. The molecule has 0 bridgehead atoms. The standard InChI is InChI=1S/C22H22N2O3S/c1-3-13-24-21(26)19(17-9-11-18(12-10-17)23-15(2)25)20(22(24)27)28-14-16-7-5-4-6-8-16/h4-12H,3,13-14H2,1-2H3,(H,23,25). The van der Waals surface area contributed by atoms with E-state index in [4.69, 9.17) is 0 Å². The maximum atomic E-state index is 13.0. The Morgan fingerprint density at radius 2 is 1.68 bits per heavy atom. The van der Waals surface area contributed by atoms with Gasteiger partial charge in [-0.05, 0) is 29.7 Å². The van der Waals surface area contributed by atoms with Crippen molar-refractivity contribution in [3.8, 4) is 0 Å². The van der Waals surface area contributed by atoms with Crippen molar-refractivity contribution < 1.29 is 14.4 Å². The van der Waals surface area contributed by atoms with Gasteiger partial charge >= 0.3 is 0 Å². The zero-order valence-electron chi connectivity index (χ0n) is 15.9. The Labute approximate surface area is 168 Å². The van der Waals surface area contributed by atoms with E-state index < -0.39 is 0 Å². The molecule has 144 valence electrons. The molecule has 0 aromatic heterocycles. The molecule has 1 heterocycles. The van der Waals surface area contributed by atoms with Crippen LogP contribution in [0.4, 0.5) is 5.69 Å². The first-order valence-electron chi connectivity index (χ1n) is 9.16. The molecule has 3 amide bonds. The van der Waals surface area contributed by atoms with E-state index in [2.05, 4.69) is 5.32 Å². The normalized spacial score (nSPS) is 14.0. The van der Waals surface area contributed by atoms with Gasteiger partial charge in [-0.15, -0.1) is 11.8 Å². The Hall–Kier alpha value is -2.86. The number of rotatable bonds is 7. The second-order valence-electron chi connectivity index (χ2n) is 6.50. The Bertz CT molecular complexity index is 921. The summed E-state index contributed by atoms with van der Waals surface area (Å²) in [6.07, 6.45) is 0.711. The molecule has 3 rings (SSSR count). The lowest BCUT2D eigenvalue weighted by molar-refractivity contribution is -0.136. The van der Waals surface area contributed by atoms with E-state index in [0.29, 0.717) is 40.4 Å². The minimum Gasteiger partial charge on any atom is -0.326 e. The van der Waals surface area contributed by atoms with E-state index >= 15 is 0 Å². The maximum Gasteiger partial charge on any atom is 0.267 e. The molecule has 0 fully saturated rings. The second kappa shape index (κ2) is 8.89. The number of amides is 3. The summed E-state index contributed by atoms with van der Waals surface area (Å²) in [6.45, 7) is 3.79. The van der Waals surface area contributed by atoms with Crippen molar-refractivity contribution in [3.63, 3.8) is 0 Å². The first-order valence-corrected chi connectivity index (χ1v) is 10.1. The minimum atomic E-state index is -0.255. The fourth-order valence-electron chi connectivity index (χ4n) is 3.02. The van der Waals surface area contributed by atoms with Gasteiger partial charge in [0, 0.05) is 24.9 Å². The third kappa shape index (κ3) is 4.34. The van der Waals surface area contributed by atoms with Gasteiger partial charge in [-0.25, -0.2) is 0 Å². The van der Waals surface area contributed by atoms with Crippen LogP contribution in [0.1, 0.15) is 31.4 Å². The molecule has 0 saturated carbocycles. The molecular formula is C22H22N2O3S. The van der Waals surface area contributed by atoms with Gasteiger partial charge in [0.05, 0.1) is 10.5 Å². The summed E-state index contributed by atoms with van der Waals surface area (Å²) in [4.78, 5) is 38.9. The molecule has 0 saturated heterocycles. The molecule has 0 atom stereocenters. The highest BCUT2D eigenvalue weighted by Gasteiger charge is 2.38. The lowest BCUT2D eigenvalue weighted by Gasteiger charge is -2.13. The van der Waals surface area contributed by atoms with Crippen LogP contribution >= 0.6 is 11.8 Å². The second-order valence-corrected chi connectivity index (χ2v) is 7.48. The van der Waals surface area contributed by atoms with Gasteiger partial charge in [0.25, 0.3) is 11.8 Å². The zero-order chi connectivity index (χ0) is 20.1. The monoisotopic (exact) mass is 394 g/mol.